The molecule has 3 heterocycles. The van der Waals surface area contributed by atoms with Crippen molar-refractivity contribution in [2.75, 3.05) is 33.0 Å². The summed E-state index contributed by atoms with van der Waals surface area (Å²) in [5.41, 5.74) is 7.63. The molecule has 0 fully saturated rings. The van der Waals surface area contributed by atoms with E-state index < -0.39 is 11.4 Å². The van der Waals surface area contributed by atoms with Crippen LogP contribution in [-0.2, 0) is 34.2 Å². The minimum absolute atomic E-state index is 0.0577. The van der Waals surface area contributed by atoms with Crippen LogP contribution in [0, 0.1) is 11.6 Å². The Morgan fingerprint density at radius 3 is 2.45 bits per heavy atom. The van der Waals surface area contributed by atoms with Crippen LogP contribution in [0.25, 0.3) is 32.8 Å². The molecule has 0 spiro atoms. The van der Waals surface area contributed by atoms with Gasteiger partial charge in [0.25, 0.3) is 5.56 Å². The van der Waals surface area contributed by atoms with Crippen LogP contribution >= 0.6 is 11.6 Å². The number of carbonyl (C=O) groups is 1. The van der Waals surface area contributed by atoms with Crippen LogP contribution in [0.3, 0.4) is 0 Å². The van der Waals surface area contributed by atoms with Crippen molar-refractivity contribution >= 4 is 50.2 Å². The number of halogens is 3. The van der Waals surface area contributed by atoms with E-state index in [9.17, 15) is 14.0 Å². The van der Waals surface area contributed by atoms with Crippen molar-refractivity contribution in [3.8, 4) is 5.75 Å². The maximum atomic E-state index is 15.3. The van der Waals surface area contributed by atoms with Gasteiger partial charge < -0.3 is 14.2 Å². The number of ether oxygens (including phenoxy) is 3. The van der Waals surface area contributed by atoms with Crippen molar-refractivity contribution in [3.05, 3.63) is 181 Å². The van der Waals surface area contributed by atoms with E-state index in [1.807, 2.05) is 73.7 Å². The van der Waals surface area contributed by atoms with Crippen molar-refractivity contribution in [3.63, 3.8) is 0 Å². The van der Waals surface area contributed by atoms with Gasteiger partial charge in [-0.15, -0.1) is 0 Å². The Balaban J connectivity index is 0.758. The fraction of sp³-hybridized carbons (Fsp3) is 0.240. The largest absolute Gasteiger partial charge is 0.491 e. The number of allylic oxidation sites excluding steroid dienone is 1. The topological polar surface area (TPSA) is 150 Å². The van der Waals surface area contributed by atoms with Gasteiger partial charge in [-0.2, -0.15) is 15.3 Å². The first-order valence-corrected chi connectivity index (χ1v) is 21.7. The molecule has 0 radical (unpaired) electrons. The molecule has 0 aliphatic heterocycles. The van der Waals surface area contributed by atoms with E-state index >= 15 is 4.39 Å². The second-order valence-electron chi connectivity index (χ2n) is 16.0. The highest BCUT2D eigenvalue weighted by Crippen LogP contribution is 2.46. The molecule has 3 aromatic heterocycles. The van der Waals surface area contributed by atoms with Gasteiger partial charge in [-0.3, -0.25) is 19.4 Å². The summed E-state index contributed by atoms with van der Waals surface area (Å²) in [4.78, 5) is 30.1. The van der Waals surface area contributed by atoms with Crippen LogP contribution in [0.4, 0.5) is 8.78 Å². The number of hydrogen-bond acceptors (Lipinski definition) is 9. The van der Waals surface area contributed by atoms with Crippen LogP contribution < -0.4 is 10.3 Å². The van der Waals surface area contributed by atoms with E-state index in [4.69, 9.17) is 25.8 Å². The van der Waals surface area contributed by atoms with E-state index in [0.29, 0.717) is 64.9 Å². The quantitative estimate of drug-likeness (QED) is 0.0675. The van der Waals surface area contributed by atoms with E-state index in [-0.39, 0.29) is 55.1 Å². The molecule has 0 saturated heterocycles. The molecule has 65 heavy (non-hydrogen) atoms. The second-order valence-corrected chi connectivity index (χ2v) is 16.4. The zero-order chi connectivity index (χ0) is 45.0. The number of Topliss-reactive ketones (excluding diaryl/α,β-unsaturated/α-hetero) is 1. The Kier molecular flexibility index (Phi) is 12.7. The summed E-state index contributed by atoms with van der Waals surface area (Å²) >= 11 is 6.10. The average Bonchev–Trinajstić information content (AvgIpc) is 3.96. The molecule has 0 amide bonds. The molecule has 9 rings (SSSR count). The third-order valence-corrected chi connectivity index (χ3v) is 12.1. The molecule has 5 aromatic carbocycles. The third kappa shape index (κ3) is 9.23. The summed E-state index contributed by atoms with van der Waals surface area (Å²) in [6.07, 6.45) is 4.47. The highest BCUT2D eigenvalue weighted by atomic mass is 35.5. The maximum Gasteiger partial charge on any atom is 0.272 e. The first-order valence-electron chi connectivity index (χ1n) is 21.3. The lowest BCUT2D eigenvalue weighted by Gasteiger charge is -2.32. The van der Waals surface area contributed by atoms with Crippen LogP contribution in [0.15, 0.2) is 114 Å². The molecular weight excluding hydrogens is 852 g/mol. The summed E-state index contributed by atoms with van der Waals surface area (Å²) in [6, 6.07) is 29.0. The minimum Gasteiger partial charge on any atom is -0.491 e. The molecule has 12 nitrogen and oxygen atoms in total. The average molecular weight is 896 g/mol. The molecule has 0 unspecified atom stereocenters. The Morgan fingerprint density at radius 2 is 1.68 bits per heavy atom. The molecule has 0 bridgehead atoms. The zero-order valence-electron chi connectivity index (χ0n) is 35.6. The number of nitrogens with zero attached hydrogens (tertiary/aromatic N) is 5. The fourth-order valence-electron chi connectivity index (χ4n) is 8.86. The monoisotopic (exact) mass is 895 g/mol. The SMILES string of the molecule is CC/C(=C(/c1ccc(OCCOCCOCC(=O)Cc2ccc([C@H]3Cc4cc(F)cc5c(=O)[nH]nc(c45)[C@@H]3c3ncnn3C)cc2)cc1)c1ccc2[nH]ncc2c1)c1ccc(Cl)cc1F. The van der Waals surface area contributed by atoms with Crippen LogP contribution in [0.2, 0.25) is 5.02 Å². The Morgan fingerprint density at radius 1 is 0.892 bits per heavy atom. The van der Waals surface area contributed by atoms with Gasteiger partial charge in [0.1, 0.15) is 42.7 Å². The molecular formula is C50H44ClF2N7O5. The van der Waals surface area contributed by atoms with Gasteiger partial charge in [0, 0.05) is 40.7 Å². The lowest BCUT2D eigenvalue weighted by atomic mass is 9.73. The Labute approximate surface area is 377 Å². The van der Waals surface area contributed by atoms with Crippen molar-refractivity contribution in [2.24, 2.45) is 7.05 Å². The number of fused-ring (bicyclic) bond motifs is 1. The van der Waals surface area contributed by atoms with Gasteiger partial charge in [-0.25, -0.2) is 18.9 Å². The van der Waals surface area contributed by atoms with Gasteiger partial charge in [-0.1, -0.05) is 67.1 Å². The highest BCUT2D eigenvalue weighted by Gasteiger charge is 2.38. The van der Waals surface area contributed by atoms with Crippen LogP contribution in [0.1, 0.15) is 70.1 Å². The van der Waals surface area contributed by atoms with Gasteiger partial charge in [-0.05, 0) is 100 Å². The highest BCUT2D eigenvalue weighted by molar-refractivity contribution is 6.30. The molecule has 330 valence electrons. The summed E-state index contributed by atoms with van der Waals surface area (Å²) in [5.74, 6) is -0.160. The summed E-state index contributed by atoms with van der Waals surface area (Å²) in [6.45, 7) is 3.11. The lowest BCUT2D eigenvalue weighted by Crippen LogP contribution is -2.27. The molecule has 1 aliphatic rings. The maximum absolute atomic E-state index is 15.3. The van der Waals surface area contributed by atoms with Gasteiger partial charge >= 0.3 is 0 Å². The van der Waals surface area contributed by atoms with E-state index in [1.54, 1.807) is 30.1 Å². The molecule has 1 aliphatic carbocycles. The summed E-state index contributed by atoms with van der Waals surface area (Å²) < 4.78 is 49.0. The van der Waals surface area contributed by atoms with Crippen molar-refractivity contribution in [1.82, 2.24) is 35.2 Å². The molecule has 2 atom stereocenters. The fourth-order valence-corrected chi connectivity index (χ4v) is 9.01. The first kappa shape index (κ1) is 43.4. The number of carbonyl (C=O) groups excluding carboxylic acids is 1. The standard InChI is InChI=1S/C50H44ClF2N7O5/c1-3-39(40-14-11-35(51)24-43(40)53)45(32-10-15-44-34(21-32)26-55-57-44)31-8-12-38(13-9-31)65-19-18-63-16-17-64-27-37(61)20-29-4-6-30(7-5-29)41-23-33-22-36(52)25-42-46(33)48(58-59-50(42)62)47(41)49-54-28-56-60(49)2/h4-15,21-22,24-26,28,41,47H,3,16-20,23,27H2,1-2H3,(H,55,57)(H,59,62)/b45-39+/t41-,47-/m1/s1. The number of aromatic amines is 2. The number of nitrogens with one attached hydrogen (secondary N) is 2. The van der Waals surface area contributed by atoms with Crippen LogP contribution in [-0.4, -0.2) is 74.0 Å². The minimum atomic E-state index is -0.483. The number of benzene rings is 5. The first-order chi connectivity index (χ1) is 31.6. The molecule has 8 aromatic rings. The third-order valence-electron chi connectivity index (χ3n) is 11.8. The molecule has 0 saturated carbocycles. The Hall–Kier alpha value is -6.87. The van der Waals surface area contributed by atoms with E-state index in [0.717, 1.165) is 44.3 Å². The Bertz CT molecular complexity index is 3110. The van der Waals surface area contributed by atoms with Crippen LogP contribution in [0.5, 0.6) is 5.75 Å². The lowest BCUT2D eigenvalue weighted by molar-refractivity contribution is -0.123. The van der Waals surface area contributed by atoms with E-state index in [2.05, 4.69) is 30.5 Å². The van der Waals surface area contributed by atoms with E-state index in [1.165, 1.54) is 24.5 Å². The van der Waals surface area contributed by atoms with Gasteiger partial charge in [0.2, 0.25) is 0 Å². The number of rotatable bonds is 17. The number of H-pyrrole nitrogens is 2. The van der Waals surface area contributed by atoms with Crippen molar-refractivity contribution in [1.29, 1.82) is 0 Å². The summed E-state index contributed by atoms with van der Waals surface area (Å²) in [5, 5.41) is 20.6. The van der Waals surface area contributed by atoms with Gasteiger partial charge in [0.05, 0.1) is 48.5 Å². The van der Waals surface area contributed by atoms with Gasteiger partial charge in [0.15, 0.2) is 5.78 Å². The normalized spacial score (nSPS) is 15.1. The smallest absolute Gasteiger partial charge is 0.272 e. The number of hydrogen-bond donors (Lipinski definition) is 2. The number of ketones is 1. The van der Waals surface area contributed by atoms with Crippen molar-refractivity contribution in [2.45, 2.75) is 38.0 Å². The zero-order valence-corrected chi connectivity index (χ0v) is 36.4. The summed E-state index contributed by atoms with van der Waals surface area (Å²) in [7, 11) is 1.80. The molecule has 2 N–H and O–H groups in total. The number of aryl methyl sites for hydroxylation is 1. The molecule has 15 heteroatoms. The van der Waals surface area contributed by atoms with Crippen molar-refractivity contribution < 1.29 is 27.8 Å². The predicted molar refractivity (Wildman–Crippen MR) is 244 cm³/mol. The number of aromatic nitrogens is 7. The second kappa shape index (κ2) is 19.1. The predicted octanol–water partition coefficient (Wildman–Crippen LogP) is 8.92.